The summed E-state index contributed by atoms with van der Waals surface area (Å²) in [6.45, 7) is 0.637. The number of aromatic nitrogens is 1. The summed E-state index contributed by atoms with van der Waals surface area (Å²) in [6.07, 6.45) is 1.80. The molecular formula is C10H8BrNOS. The molecule has 0 aliphatic heterocycles. The van der Waals surface area contributed by atoms with Crippen molar-refractivity contribution in [1.82, 2.24) is 4.57 Å². The standard InChI is InChI=1S/C10H8BrNOS/c11-8-4-6-14-9(8)7-12-5-2-1-3-10(12)13/h1-6H,7H2. The van der Waals surface area contributed by atoms with Crippen LogP contribution in [-0.4, -0.2) is 4.57 Å². The molecule has 0 aliphatic rings. The Labute approximate surface area is 94.0 Å². The molecule has 0 amide bonds. The molecule has 2 nitrogen and oxygen atoms in total. The second-order valence-electron chi connectivity index (χ2n) is 2.86. The smallest absolute Gasteiger partial charge is 0.250 e. The van der Waals surface area contributed by atoms with Gasteiger partial charge in [0, 0.05) is 21.6 Å². The summed E-state index contributed by atoms with van der Waals surface area (Å²) in [6, 6.07) is 7.18. The van der Waals surface area contributed by atoms with Crippen molar-refractivity contribution < 1.29 is 0 Å². The molecule has 0 aliphatic carbocycles. The summed E-state index contributed by atoms with van der Waals surface area (Å²) in [4.78, 5) is 12.6. The maximum atomic E-state index is 11.4. The van der Waals surface area contributed by atoms with Gasteiger partial charge in [-0.3, -0.25) is 4.79 Å². The second kappa shape index (κ2) is 4.11. The lowest BCUT2D eigenvalue weighted by Gasteiger charge is -2.02. The zero-order valence-electron chi connectivity index (χ0n) is 7.31. The van der Waals surface area contributed by atoms with Crippen molar-refractivity contribution in [3.05, 3.63) is 55.5 Å². The van der Waals surface area contributed by atoms with Gasteiger partial charge in [-0.25, -0.2) is 0 Å². The SMILES string of the molecule is O=c1ccccn1Cc1sccc1Br. The molecule has 0 unspecified atom stereocenters. The molecule has 0 radical (unpaired) electrons. The van der Waals surface area contributed by atoms with E-state index in [1.54, 1.807) is 34.2 Å². The Bertz CT molecular complexity index is 489. The van der Waals surface area contributed by atoms with Crippen molar-refractivity contribution in [2.45, 2.75) is 6.54 Å². The summed E-state index contributed by atoms with van der Waals surface area (Å²) in [5.74, 6) is 0. The fraction of sp³-hybridized carbons (Fsp3) is 0.100. The van der Waals surface area contributed by atoms with E-state index in [1.165, 1.54) is 4.88 Å². The Hall–Kier alpha value is -0.870. The first-order valence-electron chi connectivity index (χ1n) is 4.15. The highest BCUT2D eigenvalue weighted by molar-refractivity contribution is 9.10. The number of hydrogen-bond acceptors (Lipinski definition) is 2. The summed E-state index contributed by atoms with van der Waals surface area (Å²) < 4.78 is 2.76. The van der Waals surface area contributed by atoms with E-state index in [4.69, 9.17) is 0 Å². The van der Waals surface area contributed by atoms with Gasteiger partial charge in [-0.15, -0.1) is 11.3 Å². The number of nitrogens with zero attached hydrogens (tertiary/aromatic N) is 1. The molecule has 72 valence electrons. The molecule has 2 heterocycles. The summed E-state index contributed by atoms with van der Waals surface area (Å²) in [7, 11) is 0. The van der Waals surface area contributed by atoms with Crippen LogP contribution in [-0.2, 0) is 6.54 Å². The maximum absolute atomic E-state index is 11.4. The molecule has 14 heavy (non-hydrogen) atoms. The number of pyridine rings is 1. The fourth-order valence-electron chi connectivity index (χ4n) is 1.18. The first-order valence-corrected chi connectivity index (χ1v) is 5.82. The molecule has 0 fully saturated rings. The van der Waals surface area contributed by atoms with Crippen LogP contribution in [0.5, 0.6) is 0 Å². The van der Waals surface area contributed by atoms with Crippen molar-refractivity contribution in [2.75, 3.05) is 0 Å². The van der Waals surface area contributed by atoms with Gasteiger partial charge in [0.2, 0.25) is 0 Å². The van der Waals surface area contributed by atoms with Gasteiger partial charge in [0.25, 0.3) is 5.56 Å². The third kappa shape index (κ3) is 1.96. The van der Waals surface area contributed by atoms with Gasteiger partial charge in [0.1, 0.15) is 0 Å². The summed E-state index contributed by atoms with van der Waals surface area (Å²) >= 11 is 5.09. The third-order valence-corrected chi connectivity index (χ3v) is 3.82. The molecule has 4 heteroatoms. The van der Waals surface area contributed by atoms with Gasteiger partial charge < -0.3 is 4.57 Å². The van der Waals surface area contributed by atoms with Crippen LogP contribution >= 0.6 is 27.3 Å². The monoisotopic (exact) mass is 269 g/mol. The van der Waals surface area contributed by atoms with E-state index < -0.39 is 0 Å². The van der Waals surface area contributed by atoms with E-state index in [0.29, 0.717) is 6.54 Å². The van der Waals surface area contributed by atoms with Gasteiger partial charge >= 0.3 is 0 Å². The molecule has 0 spiro atoms. The van der Waals surface area contributed by atoms with Crippen LogP contribution in [0.15, 0.2) is 45.1 Å². The molecule has 0 aromatic carbocycles. The molecule has 2 aromatic heterocycles. The van der Waals surface area contributed by atoms with E-state index in [0.717, 1.165) is 4.47 Å². The zero-order chi connectivity index (χ0) is 9.97. The van der Waals surface area contributed by atoms with Crippen molar-refractivity contribution in [2.24, 2.45) is 0 Å². The molecule has 0 N–H and O–H groups in total. The molecule has 2 rings (SSSR count). The van der Waals surface area contributed by atoms with Crippen molar-refractivity contribution in [1.29, 1.82) is 0 Å². The summed E-state index contributed by atoms with van der Waals surface area (Å²) in [5, 5.41) is 2.01. The van der Waals surface area contributed by atoms with Gasteiger partial charge in [-0.1, -0.05) is 6.07 Å². The van der Waals surface area contributed by atoms with Gasteiger partial charge in [-0.2, -0.15) is 0 Å². The van der Waals surface area contributed by atoms with E-state index in [1.807, 2.05) is 17.5 Å². The second-order valence-corrected chi connectivity index (χ2v) is 4.71. The summed E-state index contributed by atoms with van der Waals surface area (Å²) in [5.41, 5.74) is 0.0350. The van der Waals surface area contributed by atoms with E-state index in [2.05, 4.69) is 15.9 Å². The predicted octanol–water partition coefficient (Wildman–Crippen LogP) is 2.72. The minimum Gasteiger partial charge on any atom is -0.310 e. The Balaban J connectivity index is 2.32. The highest BCUT2D eigenvalue weighted by Crippen LogP contribution is 2.22. The van der Waals surface area contributed by atoms with Crippen LogP contribution in [0.4, 0.5) is 0 Å². The van der Waals surface area contributed by atoms with Gasteiger partial charge in [0.15, 0.2) is 0 Å². The van der Waals surface area contributed by atoms with E-state index in [-0.39, 0.29) is 5.56 Å². The first-order chi connectivity index (χ1) is 6.77. The fourth-order valence-corrected chi connectivity index (χ4v) is 2.66. The van der Waals surface area contributed by atoms with E-state index >= 15 is 0 Å². The average Bonchev–Trinajstić information content (AvgIpc) is 2.56. The lowest BCUT2D eigenvalue weighted by molar-refractivity contribution is 0.768. The van der Waals surface area contributed by atoms with Crippen molar-refractivity contribution >= 4 is 27.3 Å². The number of hydrogen-bond donors (Lipinski definition) is 0. The predicted molar refractivity (Wildman–Crippen MR) is 61.8 cm³/mol. The molecule has 0 saturated heterocycles. The molecule has 0 saturated carbocycles. The van der Waals surface area contributed by atoms with Gasteiger partial charge in [0.05, 0.1) is 6.54 Å². The first kappa shape index (κ1) is 9.68. The Morgan fingerprint density at radius 3 is 2.86 bits per heavy atom. The topological polar surface area (TPSA) is 22.0 Å². The Kier molecular flexibility index (Phi) is 2.84. The van der Waals surface area contributed by atoms with Crippen LogP contribution in [0.3, 0.4) is 0 Å². The molecule has 2 aromatic rings. The third-order valence-electron chi connectivity index (χ3n) is 1.90. The normalized spacial score (nSPS) is 10.4. The highest BCUT2D eigenvalue weighted by atomic mass is 79.9. The molecule has 0 bridgehead atoms. The van der Waals surface area contributed by atoms with Gasteiger partial charge in [-0.05, 0) is 33.4 Å². The minimum atomic E-state index is 0.0350. The van der Waals surface area contributed by atoms with Crippen LogP contribution in [0.25, 0.3) is 0 Å². The van der Waals surface area contributed by atoms with Crippen molar-refractivity contribution in [3.8, 4) is 0 Å². The van der Waals surface area contributed by atoms with Crippen LogP contribution < -0.4 is 5.56 Å². The molecule has 0 atom stereocenters. The Morgan fingerprint density at radius 2 is 2.21 bits per heavy atom. The molecular weight excluding hydrogens is 262 g/mol. The van der Waals surface area contributed by atoms with Crippen molar-refractivity contribution in [3.63, 3.8) is 0 Å². The zero-order valence-corrected chi connectivity index (χ0v) is 9.72. The number of thiophene rings is 1. The number of rotatable bonds is 2. The number of halogens is 1. The maximum Gasteiger partial charge on any atom is 0.250 e. The van der Waals surface area contributed by atoms with Crippen LogP contribution in [0.2, 0.25) is 0 Å². The van der Waals surface area contributed by atoms with Crippen LogP contribution in [0.1, 0.15) is 4.88 Å². The average molecular weight is 270 g/mol. The highest BCUT2D eigenvalue weighted by Gasteiger charge is 2.02. The largest absolute Gasteiger partial charge is 0.310 e. The lowest BCUT2D eigenvalue weighted by atomic mass is 10.4. The minimum absolute atomic E-state index is 0.0350. The van der Waals surface area contributed by atoms with E-state index in [9.17, 15) is 4.79 Å². The quantitative estimate of drug-likeness (QED) is 0.822. The van der Waals surface area contributed by atoms with Crippen LogP contribution in [0, 0.1) is 0 Å². The lowest BCUT2D eigenvalue weighted by Crippen LogP contribution is -2.17. The Morgan fingerprint density at radius 1 is 1.36 bits per heavy atom.